The first-order valence-corrected chi connectivity index (χ1v) is 14.9. The van der Waals surface area contributed by atoms with Gasteiger partial charge >= 0.3 is 0 Å². The van der Waals surface area contributed by atoms with Crippen molar-refractivity contribution in [2.75, 3.05) is 5.75 Å². The molecule has 2 heterocycles. The van der Waals surface area contributed by atoms with Gasteiger partial charge in [-0.1, -0.05) is 121 Å². The van der Waals surface area contributed by atoms with Crippen LogP contribution in [0.25, 0.3) is 5.57 Å². The van der Waals surface area contributed by atoms with Gasteiger partial charge in [0.1, 0.15) is 23.2 Å². The third-order valence-corrected chi connectivity index (χ3v) is 8.81. The number of rotatable bonds is 8. The lowest BCUT2D eigenvalue weighted by Gasteiger charge is -2.50. The van der Waals surface area contributed by atoms with Crippen molar-refractivity contribution < 1.29 is 14.3 Å². The van der Waals surface area contributed by atoms with Gasteiger partial charge < -0.3 is 10.1 Å². The van der Waals surface area contributed by atoms with Gasteiger partial charge in [0.05, 0.1) is 6.42 Å². The molecule has 1 fully saturated rings. The minimum Gasteiger partial charge on any atom is -0.469 e. The number of carbonyl (C=O) groups is 2. The van der Waals surface area contributed by atoms with Gasteiger partial charge in [0, 0.05) is 5.75 Å². The topological polar surface area (TPSA) is 58.6 Å². The van der Waals surface area contributed by atoms with Crippen LogP contribution in [0.2, 0.25) is 0 Å². The number of fused-ring (bicyclic) bond motifs is 1. The summed E-state index contributed by atoms with van der Waals surface area (Å²) in [6, 6.07) is 38.7. The Labute approximate surface area is 249 Å². The molecule has 0 aromatic heterocycles. The summed E-state index contributed by atoms with van der Waals surface area (Å²) < 4.78 is 6.59. The van der Waals surface area contributed by atoms with Crippen LogP contribution in [0.4, 0.5) is 0 Å². The molecule has 0 bridgehead atoms. The van der Waals surface area contributed by atoms with Crippen molar-refractivity contribution in [2.24, 2.45) is 0 Å². The molecule has 2 atom stereocenters. The number of hydrogen-bond donors (Lipinski definition) is 1. The van der Waals surface area contributed by atoms with Crippen molar-refractivity contribution in [1.29, 1.82) is 0 Å². The number of β-lactam (4-membered cyclic amide) rings is 1. The quantitative estimate of drug-likeness (QED) is 0.201. The van der Waals surface area contributed by atoms with Crippen LogP contribution in [0.1, 0.15) is 28.4 Å². The molecule has 0 spiro atoms. The fourth-order valence-electron chi connectivity index (χ4n) is 5.22. The summed E-state index contributed by atoms with van der Waals surface area (Å²) in [5.74, 6) is 0.263. The second kappa shape index (κ2) is 12.1. The van der Waals surface area contributed by atoms with Crippen molar-refractivity contribution in [3.05, 3.63) is 149 Å². The summed E-state index contributed by atoms with van der Waals surface area (Å²) in [7, 11) is 0. The molecule has 6 rings (SSSR count). The zero-order chi connectivity index (χ0) is 28.2. The normalized spacial score (nSPS) is 18.0. The maximum atomic E-state index is 13.6. The molecule has 4 aromatic carbocycles. The fourth-order valence-corrected chi connectivity index (χ4v) is 6.92. The number of ether oxygens (including phenoxy) is 1. The van der Waals surface area contributed by atoms with Crippen molar-refractivity contribution >= 4 is 46.4 Å². The first-order valence-electron chi connectivity index (χ1n) is 13.5. The van der Waals surface area contributed by atoms with Gasteiger partial charge in [-0.2, -0.15) is 0 Å². The molecule has 4 aromatic rings. The van der Waals surface area contributed by atoms with E-state index in [9.17, 15) is 9.59 Å². The van der Waals surface area contributed by atoms with E-state index < -0.39 is 12.1 Å². The Hall–Kier alpha value is -4.20. The number of nitrogens with one attached hydrogen (secondary N) is 1. The molecular formula is C34H28N2O3S2. The van der Waals surface area contributed by atoms with E-state index in [1.165, 1.54) is 0 Å². The fraction of sp³-hybridized carbons (Fsp3) is 0.147. The highest BCUT2D eigenvalue weighted by atomic mass is 32.2. The number of carbonyl (C=O) groups excluding carboxylic acids is 2. The van der Waals surface area contributed by atoms with Crippen LogP contribution in [0.15, 0.2) is 127 Å². The second-order valence-corrected chi connectivity index (χ2v) is 11.4. The maximum Gasteiger partial charge on any atom is 0.253 e. The minimum atomic E-state index is -0.620. The third-order valence-electron chi connectivity index (χ3n) is 7.24. The smallest absolute Gasteiger partial charge is 0.253 e. The average molecular weight is 577 g/mol. The van der Waals surface area contributed by atoms with Gasteiger partial charge in [-0.15, -0.1) is 11.8 Å². The van der Waals surface area contributed by atoms with Crippen molar-refractivity contribution in [3.8, 4) is 0 Å². The van der Waals surface area contributed by atoms with E-state index in [1.54, 1.807) is 16.7 Å². The van der Waals surface area contributed by atoms with Crippen molar-refractivity contribution in [1.82, 2.24) is 10.2 Å². The molecule has 2 aliphatic heterocycles. The van der Waals surface area contributed by atoms with Gasteiger partial charge in [0.2, 0.25) is 11.0 Å². The molecular weight excluding hydrogens is 549 g/mol. The summed E-state index contributed by atoms with van der Waals surface area (Å²) in [4.78, 5) is 28.2. The Kier molecular flexibility index (Phi) is 7.98. The van der Waals surface area contributed by atoms with E-state index in [0.717, 1.165) is 27.8 Å². The molecule has 5 nitrogen and oxygen atoms in total. The van der Waals surface area contributed by atoms with Gasteiger partial charge in [-0.25, -0.2) is 0 Å². The SMILES string of the molecule is O=C(Cc1ccccc1)N[C@@H]1C(=O)N2C(C(=S)OC(c3ccccc3)c3ccccc3)=C(c3ccccc3)CS[C@H]12. The van der Waals surface area contributed by atoms with Crippen LogP contribution < -0.4 is 5.32 Å². The molecule has 2 aliphatic rings. The van der Waals surface area contributed by atoms with Crippen LogP contribution >= 0.6 is 24.0 Å². The molecule has 0 aliphatic carbocycles. The Morgan fingerprint density at radius 2 is 1.39 bits per heavy atom. The first kappa shape index (κ1) is 27.0. The Balaban J connectivity index is 1.30. The van der Waals surface area contributed by atoms with Gasteiger partial charge in [0.15, 0.2) is 0 Å². The van der Waals surface area contributed by atoms with Crippen LogP contribution in [-0.4, -0.2) is 38.9 Å². The number of thiocarbonyl (C=S) groups is 1. The highest BCUT2D eigenvalue weighted by molar-refractivity contribution is 8.00. The lowest BCUT2D eigenvalue weighted by Crippen LogP contribution is -2.70. The van der Waals surface area contributed by atoms with Gasteiger partial charge in [-0.05, 0) is 40.0 Å². The minimum absolute atomic E-state index is 0.179. The molecule has 7 heteroatoms. The zero-order valence-electron chi connectivity index (χ0n) is 22.2. The van der Waals surface area contributed by atoms with E-state index in [1.807, 2.05) is 121 Å². The molecule has 1 saturated heterocycles. The maximum absolute atomic E-state index is 13.6. The summed E-state index contributed by atoms with van der Waals surface area (Å²) in [6.45, 7) is 0. The van der Waals surface area contributed by atoms with Gasteiger partial charge in [-0.3, -0.25) is 14.5 Å². The van der Waals surface area contributed by atoms with Crippen LogP contribution in [0, 0.1) is 0 Å². The number of hydrogen-bond acceptors (Lipinski definition) is 5. The molecule has 0 radical (unpaired) electrons. The van der Waals surface area contributed by atoms with Crippen LogP contribution in [0.3, 0.4) is 0 Å². The summed E-state index contributed by atoms with van der Waals surface area (Å²) in [5, 5.41) is 2.96. The number of nitrogens with zero attached hydrogens (tertiary/aromatic N) is 1. The molecule has 0 unspecified atom stereocenters. The Morgan fingerprint density at radius 3 is 1.98 bits per heavy atom. The lowest BCUT2D eigenvalue weighted by atomic mass is 9.98. The molecule has 204 valence electrons. The Bertz CT molecular complexity index is 1540. The highest BCUT2D eigenvalue weighted by Crippen LogP contribution is 2.44. The third kappa shape index (κ3) is 5.69. The lowest BCUT2D eigenvalue weighted by molar-refractivity contribution is -0.145. The monoisotopic (exact) mass is 576 g/mol. The Morgan fingerprint density at radius 1 is 0.854 bits per heavy atom. The average Bonchev–Trinajstić information content (AvgIpc) is 3.03. The van der Waals surface area contributed by atoms with Gasteiger partial charge in [0.25, 0.3) is 5.91 Å². The molecule has 41 heavy (non-hydrogen) atoms. The van der Waals surface area contributed by atoms with E-state index in [2.05, 4.69) is 5.32 Å². The standard InChI is InChI=1S/C34H28N2O3S2/c37-28(21-23-13-5-1-6-14-23)35-29-32(38)36-30(27(22-41-33(29)36)24-15-7-2-8-16-24)34(40)39-31(25-17-9-3-10-18-25)26-19-11-4-12-20-26/h1-20,29,31,33H,21-22H2,(H,35,37)/t29-,33-/m1/s1. The van der Waals surface area contributed by atoms with Crippen molar-refractivity contribution in [2.45, 2.75) is 23.9 Å². The predicted molar refractivity (Wildman–Crippen MR) is 167 cm³/mol. The van der Waals surface area contributed by atoms with E-state index in [4.69, 9.17) is 17.0 Å². The van der Waals surface area contributed by atoms with E-state index in [0.29, 0.717) is 11.4 Å². The highest BCUT2D eigenvalue weighted by Gasteiger charge is 2.54. The molecule has 1 N–H and O–H groups in total. The number of benzene rings is 4. The zero-order valence-corrected chi connectivity index (χ0v) is 23.8. The second-order valence-electron chi connectivity index (χ2n) is 9.92. The van der Waals surface area contributed by atoms with E-state index >= 15 is 0 Å². The summed E-state index contributed by atoms with van der Waals surface area (Å²) >= 11 is 7.61. The first-order chi connectivity index (χ1) is 20.1. The molecule has 0 saturated carbocycles. The number of amides is 2. The predicted octanol–water partition coefficient (Wildman–Crippen LogP) is 6.17. The van der Waals surface area contributed by atoms with Crippen molar-refractivity contribution in [3.63, 3.8) is 0 Å². The molecule has 2 amide bonds. The summed E-state index contributed by atoms with van der Waals surface area (Å²) in [5.41, 5.74) is 5.36. The van der Waals surface area contributed by atoms with Crippen LogP contribution in [-0.2, 0) is 20.7 Å². The van der Waals surface area contributed by atoms with E-state index in [-0.39, 0.29) is 28.7 Å². The summed E-state index contributed by atoms with van der Waals surface area (Å²) in [6.07, 6.45) is -0.225. The largest absolute Gasteiger partial charge is 0.469 e. The number of thioether (sulfide) groups is 1. The van der Waals surface area contributed by atoms with Crippen LogP contribution in [0.5, 0.6) is 0 Å².